The Hall–Kier alpha value is -1.42. The molecular formula is C15H20FNO2. The van der Waals surface area contributed by atoms with Crippen molar-refractivity contribution in [1.82, 2.24) is 4.90 Å². The fourth-order valence-electron chi connectivity index (χ4n) is 2.77. The second kappa shape index (κ2) is 6.66. The van der Waals surface area contributed by atoms with Gasteiger partial charge >= 0.3 is 5.97 Å². The lowest BCUT2D eigenvalue weighted by Crippen LogP contribution is -2.34. The second-order valence-corrected chi connectivity index (χ2v) is 5.18. The zero-order chi connectivity index (χ0) is 13.7. The van der Waals surface area contributed by atoms with Crippen LogP contribution in [0, 0.1) is 5.82 Å². The van der Waals surface area contributed by atoms with Crippen molar-refractivity contribution in [2.24, 2.45) is 0 Å². The van der Waals surface area contributed by atoms with Gasteiger partial charge in [0.25, 0.3) is 0 Å². The normalized spacial score (nSPS) is 16.1. The number of hydrogen-bond donors (Lipinski definition) is 1. The van der Waals surface area contributed by atoms with Gasteiger partial charge in [-0.1, -0.05) is 25.0 Å². The highest BCUT2D eigenvalue weighted by Gasteiger charge is 2.23. The third kappa shape index (κ3) is 4.31. The molecule has 1 aliphatic carbocycles. The largest absolute Gasteiger partial charge is 0.481 e. The highest BCUT2D eigenvalue weighted by molar-refractivity contribution is 5.66. The van der Waals surface area contributed by atoms with Crippen LogP contribution in [0.1, 0.15) is 37.7 Å². The number of nitrogens with zero attached hydrogens (tertiary/aromatic N) is 1. The van der Waals surface area contributed by atoms with Gasteiger partial charge in [-0.15, -0.1) is 0 Å². The molecule has 0 saturated heterocycles. The van der Waals surface area contributed by atoms with E-state index in [1.54, 1.807) is 6.07 Å². The summed E-state index contributed by atoms with van der Waals surface area (Å²) in [5.74, 6) is -1.01. The molecule has 2 rings (SSSR count). The number of halogens is 1. The molecule has 104 valence electrons. The molecule has 19 heavy (non-hydrogen) atoms. The Morgan fingerprint density at radius 1 is 1.37 bits per heavy atom. The van der Waals surface area contributed by atoms with Crippen molar-refractivity contribution >= 4 is 5.97 Å². The first-order valence-electron chi connectivity index (χ1n) is 6.85. The molecule has 0 spiro atoms. The van der Waals surface area contributed by atoms with Crippen molar-refractivity contribution in [3.63, 3.8) is 0 Å². The summed E-state index contributed by atoms with van der Waals surface area (Å²) in [7, 11) is 0. The lowest BCUT2D eigenvalue weighted by Gasteiger charge is -2.28. The molecule has 3 nitrogen and oxygen atoms in total. The van der Waals surface area contributed by atoms with Gasteiger partial charge in [-0.25, -0.2) is 4.39 Å². The maximum absolute atomic E-state index is 13.2. The third-order valence-corrected chi connectivity index (χ3v) is 3.73. The Labute approximate surface area is 113 Å². The molecule has 0 aliphatic heterocycles. The molecule has 0 radical (unpaired) electrons. The molecule has 0 aromatic heterocycles. The van der Waals surface area contributed by atoms with Crippen LogP contribution >= 0.6 is 0 Å². The Bertz CT molecular complexity index is 430. The average molecular weight is 265 g/mol. The van der Waals surface area contributed by atoms with E-state index in [4.69, 9.17) is 5.11 Å². The Morgan fingerprint density at radius 2 is 2.11 bits per heavy atom. The van der Waals surface area contributed by atoms with E-state index >= 15 is 0 Å². The molecule has 1 aromatic carbocycles. The van der Waals surface area contributed by atoms with Crippen LogP contribution in [0.2, 0.25) is 0 Å². The van der Waals surface area contributed by atoms with Crippen molar-refractivity contribution in [2.45, 2.75) is 44.7 Å². The maximum atomic E-state index is 13.2. The van der Waals surface area contributed by atoms with Gasteiger partial charge in [0.2, 0.25) is 0 Å². The van der Waals surface area contributed by atoms with E-state index in [1.165, 1.54) is 25.0 Å². The molecule has 4 heteroatoms. The van der Waals surface area contributed by atoms with Crippen LogP contribution in [0.25, 0.3) is 0 Å². The maximum Gasteiger partial charge on any atom is 0.304 e. The number of carboxylic acid groups (broad SMARTS) is 1. The number of carboxylic acids is 1. The summed E-state index contributed by atoms with van der Waals surface area (Å²) in [6.07, 6.45) is 4.80. The van der Waals surface area contributed by atoms with Crippen LogP contribution in [0.3, 0.4) is 0 Å². The molecule has 1 fully saturated rings. The monoisotopic (exact) mass is 265 g/mol. The number of aliphatic carboxylic acids is 1. The van der Waals surface area contributed by atoms with E-state index < -0.39 is 5.97 Å². The fourth-order valence-corrected chi connectivity index (χ4v) is 2.77. The first-order chi connectivity index (χ1) is 9.15. The summed E-state index contributed by atoms with van der Waals surface area (Å²) in [5.41, 5.74) is 0.914. The average Bonchev–Trinajstić information content (AvgIpc) is 2.88. The van der Waals surface area contributed by atoms with E-state index in [0.29, 0.717) is 19.1 Å². The summed E-state index contributed by atoms with van der Waals surface area (Å²) in [6, 6.07) is 7.01. The Balaban J connectivity index is 2.01. The molecule has 0 unspecified atom stereocenters. The molecule has 0 atom stereocenters. The minimum atomic E-state index is -0.776. The standard InChI is InChI=1S/C15H20FNO2/c16-13-5-3-4-12(10-13)11-17(9-8-15(18)19)14-6-1-2-7-14/h3-5,10,14H,1-2,6-9,11H2,(H,18,19). The molecule has 1 saturated carbocycles. The molecule has 1 N–H and O–H groups in total. The van der Waals surface area contributed by atoms with Crippen molar-refractivity contribution in [3.05, 3.63) is 35.6 Å². The second-order valence-electron chi connectivity index (χ2n) is 5.18. The van der Waals surface area contributed by atoms with Gasteiger partial charge in [0.15, 0.2) is 0 Å². The van der Waals surface area contributed by atoms with E-state index in [9.17, 15) is 9.18 Å². The zero-order valence-electron chi connectivity index (χ0n) is 11.0. The molecule has 1 aromatic rings. The summed E-state index contributed by atoms with van der Waals surface area (Å²) in [5, 5.41) is 8.83. The smallest absolute Gasteiger partial charge is 0.304 e. The fraction of sp³-hybridized carbons (Fsp3) is 0.533. The van der Waals surface area contributed by atoms with Crippen LogP contribution in [-0.4, -0.2) is 28.6 Å². The first kappa shape index (κ1) is 14.0. The van der Waals surface area contributed by atoms with E-state index in [1.807, 2.05) is 6.07 Å². The number of hydrogen-bond acceptors (Lipinski definition) is 2. The number of benzene rings is 1. The molecule has 0 heterocycles. The molecular weight excluding hydrogens is 245 g/mol. The van der Waals surface area contributed by atoms with Gasteiger partial charge in [-0.2, -0.15) is 0 Å². The topological polar surface area (TPSA) is 40.5 Å². The summed E-state index contributed by atoms with van der Waals surface area (Å²) in [4.78, 5) is 12.9. The van der Waals surface area contributed by atoms with Gasteiger partial charge in [0.1, 0.15) is 5.82 Å². The SMILES string of the molecule is O=C(O)CCN(Cc1cccc(F)c1)C1CCCC1. The van der Waals surface area contributed by atoms with Crippen molar-refractivity contribution in [3.8, 4) is 0 Å². The number of rotatable bonds is 6. The van der Waals surface area contributed by atoms with Gasteiger partial charge in [0, 0.05) is 19.1 Å². The summed E-state index contributed by atoms with van der Waals surface area (Å²) in [6.45, 7) is 1.17. The van der Waals surface area contributed by atoms with Gasteiger partial charge in [0.05, 0.1) is 6.42 Å². The lowest BCUT2D eigenvalue weighted by atomic mass is 10.1. The highest BCUT2D eigenvalue weighted by atomic mass is 19.1. The van der Waals surface area contributed by atoms with Gasteiger partial charge in [-0.05, 0) is 30.5 Å². The van der Waals surface area contributed by atoms with Crippen LogP contribution < -0.4 is 0 Å². The molecule has 0 bridgehead atoms. The predicted molar refractivity (Wildman–Crippen MR) is 71.3 cm³/mol. The third-order valence-electron chi connectivity index (χ3n) is 3.73. The molecule has 0 amide bonds. The Morgan fingerprint density at radius 3 is 2.74 bits per heavy atom. The first-order valence-corrected chi connectivity index (χ1v) is 6.85. The van der Waals surface area contributed by atoms with E-state index in [2.05, 4.69) is 4.90 Å². The summed E-state index contributed by atoms with van der Waals surface area (Å²) >= 11 is 0. The van der Waals surface area contributed by atoms with E-state index in [0.717, 1.165) is 18.4 Å². The van der Waals surface area contributed by atoms with Crippen molar-refractivity contribution in [1.29, 1.82) is 0 Å². The van der Waals surface area contributed by atoms with Crippen LogP contribution in [0.15, 0.2) is 24.3 Å². The Kier molecular flexibility index (Phi) is 4.91. The van der Waals surface area contributed by atoms with Crippen molar-refractivity contribution in [2.75, 3.05) is 6.54 Å². The summed E-state index contributed by atoms with van der Waals surface area (Å²) < 4.78 is 13.2. The lowest BCUT2D eigenvalue weighted by molar-refractivity contribution is -0.137. The van der Waals surface area contributed by atoms with Crippen LogP contribution in [0.4, 0.5) is 4.39 Å². The van der Waals surface area contributed by atoms with Crippen LogP contribution in [-0.2, 0) is 11.3 Å². The van der Waals surface area contributed by atoms with Crippen molar-refractivity contribution < 1.29 is 14.3 Å². The van der Waals surface area contributed by atoms with Gasteiger partial charge < -0.3 is 5.11 Å². The molecule has 1 aliphatic rings. The predicted octanol–water partition coefficient (Wildman–Crippen LogP) is 3.05. The van der Waals surface area contributed by atoms with Crippen LogP contribution in [0.5, 0.6) is 0 Å². The van der Waals surface area contributed by atoms with E-state index in [-0.39, 0.29) is 12.2 Å². The highest BCUT2D eigenvalue weighted by Crippen LogP contribution is 2.25. The zero-order valence-corrected chi connectivity index (χ0v) is 11.0. The quantitative estimate of drug-likeness (QED) is 0.859. The minimum Gasteiger partial charge on any atom is -0.481 e. The number of carbonyl (C=O) groups is 1. The minimum absolute atomic E-state index is 0.145. The van der Waals surface area contributed by atoms with Gasteiger partial charge in [-0.3, -0.25) is 9.69 Å².